The lowest BCUT2D eigenvalue weighted by molar-refractivity contribution is -0.111. The fraction of sp³-hybridized carbons (Fsp3) is 0.125. The van der Waals surface area contributed by atoms with Crippen molar-refractivity contribution in [2.24, 2.45) is 0 Å². The van der Waals surface area contributed by atoms with Gasteiger partial charge in [0.25, 0.3) is 5.91 Å². The second-order valence-electron chi connectivity index (χ2n) is 9.78. The van der Waals surface area contributed by atoms with E-state index in [0.29, 0.717) is 30.2 Å². The van der Waals surface area contributed by atoms with Gasteiger partial charge in [0.1, 0.15) is 12.1 Å². The van der Waals surface area contributed by atoms with E-state index in [1.807, 2.05) is 73.7 Å². The van der Waals surface area contributed by atoms with Crippen molar-refractivity contribution < 1.29 is 9.59 Å². The van der Waals surface area contributed by atoms with Crippen LogP contribution in [0.3, 0.4) is 0 Å². The first-order valence-electron chi connectivity index (χ1n) is 13.2. The predicted molar refractivity (Wildman–Crippen MR) is 163 cm³/mol. The Kier molecular flexibility index (Phi) is 8.46. The molecule has 0 aliphatic rings. The summed E-state index contributed by atoms with van der Waals surface area (Å²) in [6.45, 7) is 1.03. The monoisotopic (exact) mass is 545 g/mol. The molecule has 0 unspecified atom stereocenters. The topological polar surface area (TPSA) is 115 Å². The predicted octanol–water partition coefficient (Wildman–Crippen LogP) is 5.35. The second-order valence-corrected chi connectivity index (χ2v) is 9.78. The summed E-state index contributed by atoms with van der Waals surface area (Å²) in [5.74, 6) is 0.252. The Bertz CT molecular complexity index is 1690. The van der Waals surface area contributed by atoms with Crippen molar-refractivity contribution in [2.45, 2.75) is 6.54 Å². The largest absolute Gasteiger partial charge is 0.360 e. The normalized spacial score (nSPS) is 11.2. The summed E-state index contributed by atoms with van der Waals surface area (Å²) in [5.41, 5.74) is 5.78. The van der Waals surface area contributed by atoms with Crippen molar-refractivity contribution in [2.75, 3.05) is 31.3 Å². The minimum Gasteiger partial charge on any atom is -0.360 e. The molecule has 206 valence electrons. The van der Waals surface area contributed by atoms with Gasteiger partial charge in [-0.15, -0.1) is 0 Å². The highest BCUT2D eigenvalue weighted by atomic mass is 16.2. The molecule has 41 heavy (non-hydrogen) atoms. The number of likely N-dealkylation sites (N-methyl/N-ethyl adjacent to an activating group) is 1. The van der Waals surface area contributed by atoms with E-state index in [2.05, 4.69) is 37.0 Å². The van der Waals surface area contributed by atoms with Crippen LogP contribution < -0.4 is 16.0 Å². The second kappa shape index (κ2) is 12.7. The molecule has 0 fully saturated rings. The van der Waals surface area contributed by atoms with E-state index >= 15 is 0 Å². The van der Waals surface area contributed by atoms with Gasteiger partial charge in [0.2, 0.25) is 5.91 Å². The maximum atomic E-state index is 12.7. The first-order valence-corrected chi connectivity index (χ1v) is 13.2. The van der Waals surface area contributed by atoms with Crippen molar-refractivity contribution in [3.63, 3.8) is 0 Å². The summed E-state index contributed by atoms with van der Waals surface area (Å²) in [6.07, 6.45) is 6.78. The molecule has 0 saturated heterocycles. The molecule has 5 aromatic rings. The number of carbonyl (C=O) groups excluding carboxylic acids is 2. The number of amides is 2. The van der Waals surface area contributed by atoms with Gasteiger partial charge < -0.3 is 25.8 Å². The number of carbonyl (C=O) groups is 2. The number of nitrogens with zero attached hydrogens (tertiary/aromatic N) is 3. The third-order valence-electron chi connectivity index (χ3n) is 6.34. The van der Waals surface area contributed by atoms with Crippen molar-refractivity contribution in [1.29, 1.82) is 0 Å². The van der Waals surface area contributed by atoms with Crippen LogP contribution in [0.2, 0.25) is 0 Å². The molecule has 0 atom stereocenters. The summed E-state index contributed by atoms with van der Waals surface area (Å²) in [4.78, 5) is 38.8. The van der Waals surface area contributed by atoms with Crippen LogP contribution in [0.4, 0.5) is 17.2 Å². The Hall–Kier alpha value is -5.28. The molecule has 2 heterocycles. The number of aromatic nitrogens is 3. The first kappa shape index (κ1) is 27.3. The fourth-order valence-electron chi connectivity index (χ4n) is 4.31. The fourth-order valence-corrected chi connectivity index (χ4v) is 4.31. The SMILES string of the molecule is CN(C)C/C=C/C(=O)Nc1ccc(C(=O)NCc2cccc(Nc3cc(-c4c[nH]c5ccccc45)ncn3)c2)cc1. The molecular weight excluding hydrogens is 514 g/mol. The average molecular weight is 546 g/mol. The van der Waals surface area contributed by atoms with Crippen LogP contribution in [0.1, 0.15) is 15.9 Å². The number of para-hydroxylation sites is 1. The number of benzene rings is 3. The lowest BCUT2D eigenvalue weighted by Gasteiger charge is -2.10. The summed E-state index contributed by atoms with van der Waals surface area (Å²) >= 11 is 0. The van der Waals surface area contributed by atoms with E-state index in [1.54, 1.807) is 36.7 Å². The molecule has 0 spiro atoms. The standard InChI is InChI=1S/C32H31N7O2/c1-39(2)16-6-11-31(40)38-24-14-12-23(13-15-24)32(41)34-19-22-7-5-8-25(17-22)37-30-18-29(35-21-36-30)27-20-33-28-10-4-3-9-26(27)28/h3-15,17-18,20-21,33H,16,19H2,1-2H3,(H,34,41)(H,38,40)(H,35,36,37)/b11-6+. The summed E-state index contributed by atoms with van der Waals surface area (Å²) in [6, 6.07) is 24.6. The summed E-state index contributed by atoms with van der Waals surface area (Å²) in [5, 5.41) is 10.2. The third kappa shape index (κ3) is 7.23. The Balaban J connectivity index is 1.17. The van der Waals surface area contributed by atoms with Crippen molar-refractivity contribution in [3.8, 4) is 11.3 Å². The van der Waals surface area contributed by atoms with Gasteiger partial charge in [0.05, 0.1) is 5.69 Å². The number of fused-ring (bicyclic) bond motifs is 1. The molecule has 0 radical (unpaired) electrons. The molecule has 0 bridgehead atoms. The van der Waals surface area contributed by atoms with Gasteiger partial charge in [-0.25, -0.2) is 9.97 Å². The van der Waals surface area contributed by atoms with Gasteiger partial charge in [-0.05, 0) is 62.1 Å². The summed E-state index contributed by atoms with van der Waals surface area (Å²) < 4.78 is 0. The van der Waals surface area contributed by atoms with E-state index in [9.17, 15) is 9.59 Å². The zero-order chi connectivity index (χ0) is 28.6. The molecule has 9 heteroatoms. The third-order valence-corrected chi connectivity index (χ3v) is 6.34. The molecular formula is C32H31N7O2. The zero-order valence-corrected chi connectivity index (χ0v) is 22.9. The molecule has 2 aromatic heterocycles. The maximum Gasteiger partial charge on any atom is 0.251 e. The number of aromatic amines is 1. The number of anilines is 3. The molecule has 0 aliphatic carbocycles. The Morgan fingerprint density at radius 2 is 1.76 bits per heavy atom. The highest BCUT2D eigenvalue weighted by Gasteiger charge is 2.10. The number of hydrogen-bond acceptors (Lipinski definition) is 6. The minimum atomic E-state index is -0.214. The molecule has 4 N–H and O–H groups in total. The van der Waals surface area contributed by atoms with Crippen LogP contribution in [0.5, 0.6) is 0 Å². The Morgan fingerprint density at radius 3 is 2.59 bits per heavy atom. The number of hydrogen-bond donors (Lipinski definition) is 4. The van der Waals surface area contributed by atoms with Crippen molar-refractivity contribution >= 4 is 39.9 Å². The zero-order valence-electron chi connectivity index (χ0n) is 22.9. The van der Waals surface area contributed by atoms with Gasteiger partial charge in [-0.1, -0.05) is 36.4 Å². The molecule has 3 aromatic carbocycles. The van der Waals surface area contributed by atoms with Crippen molar-refractivity contribution in [3.05, 3.63) is 115 Å². The highest BCUT2D eigenvalue weighted by Crippen LogP contribution is 2.28. The lowest BCUT2D eigenvalue weighted by Crippen LogP contribution is -2.22. The van der Waals surface area contributed by atoms with E-state index in [4.69, 9.17) is 0 Å². The lowest BCUT2D eigenvalue weighted by atomic mass is 10.1. The average Bonchev–Trinajstić information content (AvgIpc) is 3.41. The van der Waals surface area contributed by atoms with Crippen LogP contribution in [0, 0.1) is 0 Å². The van der Waals surface area contributed by atoms with Crippen LogP contribution in [0.25, 0.3) is 22.2 Å². The van der Waals surface area contributed by atoms with E-state index in [-0.39, 0.29) is 11.8 Å². The van der Waals surface area contributed by atoms with Crippen LogP contribution in [-0.4, -0.2) is 52.3 Å². The Morgan fingerprint density at radius 1 is 0.927 bits per heavy atom. The Labute approximate surface area is 238 Å². The molecule has 2 amide bonds. The summed E-state index contributed by atoms with van der Waals surface area (Å²) in [7, 11) is 3.86. The molecule has 0 saturated carbocycles. The van der Waals surface area contributed by atoms with Gasteiger partial charge in [0.15, 0.2) is 0 Å². The molecule has 0 aliphatic heterocycles. The number of nitrogens with one attached hydrogen (secondary N) is 4. The van der Waals surface area contributed by atoms with Gasteiger partial charge in [-0.2, -0.15) is 0 Å². The molecule has 5 rings (SSSR count). The van der Waals surface area contributed by atoms with Crippen LogP contribution in [-0.2, 0) is 11.3 Å². The smallest absolute Gasteiger partial charge is 0.251 e. The number of rotatable bonds is 10. The number of H-pyrrole nitrogens is 1. The minimum absolute atomic E-state index is 0.203. The van der Waals surface area contributed by atoms with Gasteiger partial charge >= 0.3 is 0 Å². The molecule has 9 nitrogen and oxygen atoms in total. The van der Waals surface area contributed by atoms with Crippen LogP contribution in [0.15, 0.2) is 104 Å². The first-order chi connectivity index (χ1) is 19.9. The van der Waals surface area contributed by atoms with E-state index < -0.39 is 0 Å². The highest BCUT2D eigenvalue weighted by molar-refractivity contribution is 6.00. The van der Waals surface area contributed by atoms with Gasteiger partial charge in [0, 0.05) is 64.8 Å². The van der Waals surface area contributed by atoms with E-state index in [1.165, 1.54) is 6.08 Å². The van der Waals surface area contributed by atoms with Crippen molar-refractivity contribution in [1.82, 2.24) is 25.2 Å². The van der Waals surface area contributed by atoms with Crippen LogP contribution >= 0.6 is 0 Å². The van der Waals surface area contributed by atoms with E-state index in [0.717, 1.165) is 33.4 Å². The quantitative estimate of drug-likeness (QED) is 0.176. The van der Waals surface area contributed by atoms with Gasteiger partial charge in [-0.3, -0.25) is 9.59 Å². The maximum absolute atomic E-state index is 12.7.